The highest BCUT2D eigenvalue weighted by Crippen LogP contribution is 2.30. The van der Waals surface area contributed by atoms with Crippen molar-refractivity contribution in [2.24, 2.45) is 10.5 Å². The van der Waals surface area contributed by atoms with Gasteiger partial charge in [-0.05, 0) is 44.1 Å². The van der Waals surface area contributed by atoms with Crippen molar-refractivity contribution in [2.75, 3.05) is 72.6 Å². The maximum Gasteiger partial charge on any atom is 0.332 e. The average Bonchev–Trinajstić information content (AvgIpc) is 4.11. The van der Waals surface area contributed by atoms with Crippen molar-refractivity contribution in [3.63, 3.8) is 0 Å². The summed E-state index contributed by atoms with van der Waals surface area (Å²) in [5.74, 6) is -0.540. The molecule has 3 fully saturated rings. The molecule has 0 amide bonds. The SMILES string of the molecule is [N-]=[N+]=NCCOCCOCCOCC(=O)OCC(COCc1cn(C2CCCCCC2)nn1)(COCc1cn(C2CCCCC2)nn1)COCc1cn(C2CCCC2)nn1. The van der Waals surface area contributed by atoms with Crippen LogP contribution in [0.25, 0.3) is 10.4 Å². The van der Waals surface area contributed by atoms with Crippen LogP contribution in [0.2, 0.25) is 0 Å². The molecule has 0 aromatic carbocycles. The van der Waals surface area contributed by atoms with Crippen molar-refractivity contribution in [3.05, 3.63) is 46.1 Å². The van der Waals surface area contributed by atoms with E-state index in [4.69, 9.17) is 38.7 Å². The third kappa shape index (κ3) is 15.5. The number of rotatable bonds is 28. The molecule has 0 N–H and O–H groups in total. The van der Waals surface area contributed by atoms with Crippen LogP contribution >= 0.6 is 0 Å². The summed E-state index contributed by atoms with van der Waals surface area (Å²) < 4.78 is 47.2. The highest BCUT2D eigenvalue weighted by molar-refractivity contribution is 5.70. The second-order valence-corrected chi connectivity index (χ2v) is 16.3. The molecule has 0 bridgehead atoms. The Bertz CT molecular complexity index is 1700. The monoisotopic (exact) mass is 840 g/mol. The fraction of sp³-hybridized carbons (Fsp3) is 0.825. The molecular weight excluding hydrogens is 777 g/mol. The minimum atomic E-state index is -0.921. The predicted octanol–water partition coefficient (Wildman–Crippen LogP) is 5.82. The first-order chi connectivity index (χ1) is 29.6. The zero-order chi connectivity index (χ0) is 41.5. The van der Waals surface area contributed by atoms with Gasteiger partial charge in [0, 0.05) is 11.5 Å². The van der Waals surface area contributed by atoms with E-state index < -0.39 is 11.4 Å². The topological polar surface area (TPSA) is 223 Å². The van der Waals surface area contributed by atoms with Crippen LogP contribution in [0.5, 0.6) is 0 Å². The van der Waals surface area contributed by atoms with Crippen LogP contribution in [-0.2, 0) is 57.8 Å². The van der Waals surface area contributed by atoms with Gasteiger partial charge in [0.1, 0.15) is 30.3 Å². The van der Waals surface area contributed by atoms with E-state index in [9.17, 15) is 4.79 Å². The predicted molar refractivity (Wildman–Crippen MR) is 215 cm³/mol. The summed E-state index contributed by atoms with van der Waals surface area (Å²) in [7, 11) is 0. The number of nitrogens with zero attached hydrogens (tertiary/aromatic N) is 12. The Kier molecular flexibility index (Phi) is 19.5. The lowest BCUT2D eigenvalue weighted by Crippen LogP contribution is -2.42. The van der Waals surface area contributed by atoms with Gasteiger partial charge in [0.2, 0.25) is 0 Å². The van der Waals surface area contributed by atoms with E-state index in [0.29, 0.717) is 37.9 Å². The van der Waals surface area contributed by atoms with E-state index in [2.05, 4.69) is 41.0 Å². The van der Waals surface area contributed by atoms with Gasteiger partial charge >= 0.3 is 5.97 Å². The minimum absolute atomic E-state index is 0.0584. The number of esters is 1. The number of aromatic nitrogens is 9. The van der Waals surface area contributed by atoms with Crippen LogP contribution in [0.4, 0.5) is 0 Å². The number of azide groups is 1. The van der Waals surface area contributed by atoms with Gasteiger partial charge in [0.05, 0.1) is 115 Å². The highest BCUT2D eigenvalue weighted by atomic mass is 16.6. The Labute approximate surface area is 351 Å². The minimum Gasteiger partial charge on any atom is -0.463 e. The van der Waals surface area contributed by atoms with Crippen molar-refractivity contribution >= 4 is 5.97 Å². The molecule has 3 aliphatic carbocycles. The smallest absolute Gasteiger partial charge is 0.332 e. The normalized spacial score (nSPS) is 18.0. The van der Waals surface area contributed by atoms with E-state index in [1.165, 1.54) is 57.8 Å². The number of carbonyl (C=O) groups excluding carboxylic acids is 1. The van der Waals surface area contributed by atoms with Crippen LogP contribution in [0, 0.1) is 5.41 Å². The van der Waals surface area contributed by atoms with E-state index in [-0.39, 0.29) is 72.6 Å². The molecule has 0 saturated heterocycles. The largest absolute Gasteiger partial charge is 0.463 e. The standard InChI is InChI=1S/C40H64N12O8/c41-46-42-16-17-54-18-19-55-20-21-56-28-39(53)60-32-40(31-59-27-35-24-52(49-45-35)38-14-8-9-15-38,30-58-26-34-23-51(48-44-34)37-12-6-3-7-13-37)29-57-25-33-22-50(47-43-33)36-10-4-1-2-5-11-36/h22-24,36-38H,1-21,25-32H2. The quantitative estimate of drug-likeness (QED) is 0.0210. The summed E-state index contributed by atoms with van der Waals surface area (Å²) in [6.07, 6.45) is 23.5. The molecule has 6 rings (SSSR count). The van der Waals surface area contributed by atoms with Gasteiger partial charge in [-0.15, -0.1) is 15.3 Å². The number of ether oxygens (including phenoxy) is 7. The lowest BCUT2D eigenvalue weighted by molar-refractivity contribution is -0.162. The van der Waals surface area contributed by atoms with E-state index in [1.807, 2.05) is 32.6 Å². The summed E-state index contributed by atoms with van der Waals surface area (Å²) >= 11 is 0. The molecule has 20 heteroatoms. The molecule has 3 aromatic rings. The van der Waals surface area contributed by atoms with Crippen molar-refractivity contribution in [2.45, 2.75) is 134 Å². The second kappa shape index (κ2) is 25.7. The van der Waals surface area contributed by atoms with Gasteiger partial charge in [-0.25, -0.2) is 18.8 Å². The van der Waals surface area contributed by atoms with Crippen LogP contribution in [-0.4, -0.2) is 124 Å². The second-order valence-electron chi connectivity index (χ2n) is 16.3. The average molecular weight is 841 g/mol. The Morgan fingerprint density at radius 3 is 1.43 bits per heavy atom. The molecule has 3 saturated carbocycles. The summed E-state index contributed by atoms with van der Waals surface area (Å²) in [5, 5.41) is 29.9. The lowest BCUT2D eigenvalue weighted by atomic mass is 9.92. The van der Waals surface area contributed by atoms with Crippen molar-refractivity contribution in [3.8, 4) is 0 Å². The molecule has 3 aromatic heterocycles. The number of carbonyl (C=O) groups is 1. The van der Waals surface area contributed by atoms with Crippen molar-refractivity contribution in [1.29, 1.82) is 0 Å². The first-order valence-corrected chi connectivity index (χ1v) is 21.9. The fourth-order valence-electron chi connectivity index (χ4n) is 8.10. The summed E-state index contributed by atoms with van der Waals surface area (Å²) in [5.41, 5.74) is 9.58. The molecule has 1 atom stereocenters. The Morgan fingerprint density at radius 2 is 0.983 bits per heavy atom. The first kappa shape index (κ1) is 45.5. The summed E-state index contributed by atoms with van der Waals surface area (Å²) in [6.45, 7) is 2.51. The molecule has 20 nitrogen and oxygen atoms in total. The highest BCUT2D eigenvalue weighted by Gasteiger charge is 2.35. The van der Waals surface area contributed by atoms with Crippen molar-refractivity contribution in [1.82, 2.24) is 45.0 Å². The zero-order valence-corrected chi connectivity index (χ0v) is 35.1. The van der Waals surface area contributed by atoms with Gasteiger partial charge in [-0.3, -0.25) is 0 Å². The molecule has 332 valence electrons. The van der Waals surface area contributed by atoms with Gasteiger partial charge in [0.15, 0.2) is 0 Å². The summed E-state index contributed by atoms with van der Waals surface area (Å²) in [6, 6.07) is 1.07. The molecule has 0 aliphatic heterocycles. The van der Waals surface area contributed by atoms with Gasteiger partial charge < -0.3 is 33.2 Å². The number of hydrogen-bond donors (Lipinski definition) is 0. The van der Waals surface area contributed by atoms with Crippen LogP contribution < -0.4 is 0 Å². The third-order valence-electron chi connectivity index (χ3n) is 11.4. The molecule has 0 spiro atoms. The van der Waals surface area contributed by atoms with Crippen LogP contribution in [0.1, 0.15) is 132 Å². The molecular formula is C40H64N12O8. The van der Waals surface area contributed by atoms with E-state index in [0.717, 1.165) is 55.6 Å². The molecule has 0 radical (unpaired) electrons. The molecule has 1 unspecified atom stereocenters. The number of hydrogen-bond acceptors (Lipinski definition) is 15. The zero-order valence-electron chi connectivity index (χ0n) is 35.1. The Morgan fingerprint density at radius 1 is 0.583 bits per heavy atom. The van der Waals surface area contributed by atoms with Crippen LogP contribution in [0.3, 0.4) is 0 Å². The maximum atomic E-state index is 13.1. The third-order valence-corrected chi connectivity index (χ3v) is 11.4. The lowest BCUT2D eigenvalue weighted by Gasteiger charge is -2.32. The first-order valence-electron chi connectivity index (χ1n) is 21.9. The van der Waals surface area contributed by atoms with Crippen molar-refractivity contribution < 1.29 is 38.0 Å². The van der Waals surface area contributed by atoms with Gasteiger partial charge in [-0.2, -0.15) is 0 Å². The maximum absolute atomic E-state index is 13.1. The van der Waals surface area contributed by atoms with E-state index in [1.54, 1.807) is 0 Å². The molecule has 3 heterocycles. The summed E-state index contributed by atoms with van der Waals surface area (Å²) in [4.78, 5) is 15.8. The van der Waals surface area contributed by atoms with E-state index >= 15 is 0 Å². The Balaban J connectivity index is 1.07. The van der Waals surface area contributed by atoms with Gasteiger partial charge in [0.25, 0.3) is 0 Å². The van der Waals surface area contributed by atoms with Crippen LogP contribution in [0.15, 0.2) is 23.7 Å². The fourth-order valence-corrected chi connectivity index (χ4v) is 8.10. The van der Waals surface area contributed by atoms with Gasteiger partial charge in [-0.1, -0.05) is 78.5 Å². The Hall–Kier alpha value is -4.04. The molecule has 3 aliphatic rings. The molecule has 60 heavy (non-hydrogen) atoms.